The van der Waals surface area contributed by atoms with Crippen LogP contribution in [0.25, 0.3) is 11.4 Å². The highest BCUT2D eigenvalue weighted by Gasteiger charge is 2.47. The number of sulfone groups is 1. The second kappa shape index (κ2) is 13.4. The molecule has 0 saturated carbocycles. The van der Waals surface area contributed by atoms with Gasteiger partial charge in [0.15, 0.2) is 21.0 Å². The van der Waals surface area contributed by atoms with Crippen LogP contribution in [0.2, 0.25) is 0 Å². The minimum atomic E-state index is -3.42. The number of hydrogen-bond donors (Lipinski definition) is 0. The van der Waals surface area contributed by atoms with E-state index in [2.05, 4.69) is 29.0 Å². The molecule has 4 aliphatic heterocycles. The van der Waals surface area contributed by atoms with E-state index in [1.807, 2.05) is 90.1 Å². The van der Waals surface area contributed by atoms with Crippen molar-refractivity contribution in [1.82, 2.24) is 18.9 Å². The summed E-state index contributed by atoms with van der Waals surface area (Å²) in [5.74, 6) is 1.55. The Morgan fingerprint density at radius 2 is 1.09 bits per heavy atom. The van der Waals surface area contributed by atoms with E-state index in [1.54, 1.807) is 20.4 Å². The molecule has 0 N–H and O–H groups in total. The van der Waals surface area contributed by atoms with Crippen LogP contribution in [0.1, 0.15) is 78.6 Å². The molecule has 2 aromatic carbocycles. The molecular formula is C41H50N4O8S. The summed E-state index contributed by atoms with van der Waals surface area (Å²) in [6, 6.07) is 23.2. The zero-order valence-electron chi connectivity index (χ0n) is 32.1. The van der Waals surface area contributed by atoms with Crippen molar-refractivity contribution in [2.24, 2.45) is 0 Å². The van der Waals surface area contributed by atoms with E-state index in [9.17, 15) is 18.0 Å². The van der Waals surface area contributed by atoms with Gasteiger partial charge >= 0.3 is 12.2 Å². The van der Waals surface area contributed by atoms with Crippen molar-refractivity contribution < 1.29 is 37.0 Å². The van der Waals surface area contributed by atoms with Gasteiger partial charge in [0.05, 0.1) is 22.8 Å². The normalized spacial score (nSPS) is 18.1. The van der Waals surface area contributed by atoms with Crippen LogP contribution < -0.4 is 9.47 Å². The molecule has 0 bridgehead atoms. The van der Waals surface area contributed by atoms with Gasteiger partial charge in [-0.25, -0.2) is 18.0 Å². The van der Waals surface area contributed by atoms with Gasteiger partial charge < -0.3 is 33.3 Å². The third-order valence-corrected chi connectivity index (χ3v) is 11.3. The lowest BCUT2D eigenvalue weighted by Crippen LogP contribution is -2.51. The fourth-order valence-corrected chi connectivity index (χ4v) is 8.58. The summed E-state index contributed by atoms with van der Waals surface area (Å²) in [6.45, 7) is 13.4. The maximum Gasteiger partial charge on any atom is 0.410 e. The second-order valence-electron chi connectivity index (χ2n) is 16.5. The summed E-state index contributed by atoms with van der Waals surface area (Å²) in [6.07, 6.45) is 5.32. The Labute approximate surface area is 317 Å². The Kier molecular flexibility index (Phi) is 9.31. The number of nitrogens with zero attached hydrogens (tertiary/aromatic N) is 4. The predicted molar refractivity (Wildman–Crippen MR) is 203 cm³/mol. The minimum Gasteiger partial charge on any atom is -0.479 e. The fourth-order valence-electron chi connectivity index (χ4n) is 7.74. The van der Waals surface area contributed by atoms with Crippen LogP contribution in [0.15, 0.2) is 84.0 Å². The zero-order valence-corrected chi connectivity index (χ0v) is 32.9. The first-order valence-electron chi connectivity index (χ1n) is 18.5. The number of carbonyl (C=O) groups is 2. The van der Waals surface area contributed by atoms with Gasteiger partial charge in [0.1, 0.15) is 27.7 Å². The smallest absolute Gasteiger partial charge is 0.410 e. The van der Waals surface area contributed by atoms with E-state index in [-0.39, 0.29) is 22.8 Å². The van der Waals surface area contributed by atoms with Gasteiger partial charge in [-0.1, -0.05) is 24.3 Å². The fraction of sp³-hybridized carbons (Fsp3) is 0.463. The minimum absolute atomic E-state index is 0.242. The third kappa shape index (κ3) is 7.17. The molecule has 2 aromatic heterocycles. The summed E-state index contributed by atoms with van der Waals surface area (Å²) >= 11 is 0. The Morgan fingerprint density at radius 3 is 1.59 bits per heavy atom. The maximum atomic E-state index is 12.4. The Hall–Kier alpha value is -4.91. The molecule has 2 amide bonds. The van der Waals surface area contributed by atoms with Crippen molar-refractivity contribution in [2.75, 3.05) is 32.4 Å². The van der Waals surface area contributed by atoms with Gasteiger partial charge in [0, 0.05) is 64.3 Å². The molecule has 2 spiro atoms. The molecule has 2 saturated heterocycles. The number of para-hydroxylation sites is 4. The summed E-state index contributed by atoms with van der Waals surface area (Å²) < 4.78 is 52.7. The number of amides is 2. The highest BCUT2D eigenvalue weighted by molar-refractivity contribution is 7.90. The number of benzene rings is 2. The summed E-state index contributed by atoms with van der Waals surface area (Å²) in [5.41, 5.74) is 1.67. The van der Waals surface area contributed by atoms with Gasteiger partial charge in [-0.15, -0.1) is 0 Å². The second-order valence-corrected chi connectivity index (χ2v) is 18.5. The molecule has 0 unspecified atom stereocenters. The molecule has 13 heteroatoms. The highest BCUT2D eigenvalue weighted by atomic mass is 32.2. The zero-order chi connectivity index (χ0) is 38.7. The third-order valence-electron chi connectivity index (χ3n) is 10.2. The standard InChI is InChI=1S/C21H26N2O5S.C20H24N2O3/c1-20(2,3)28-19(24)22-13-11-21(12-14-22)17-9-10-18(29(4,25)26)23(17)15-7-5-6-8-16(15)27-21;1-19(2,3)25-18(23)21-13-10-20(11-14-21)17-9-6-12-22(17)15-7-4-5-8-16(15)24-20/h5-10H,11-14H2,1-4H3;4-9,12H,10-11,13-14H2,1-3H3. The monoisotopic (exact) mass is 758 g/mol. The Balaban J connectivity index is 0.000000168. The van der Waals surface area contributed by atoms with Gasteiger partial charge in [-0.05, 0) is 90.1 Å². The van der Waals surface area contributed by atoms with E-state index in [0.717, 1.165) is 35.7 Å². The van der Waals surface area contributed by atoms with Crippen LogP contribution >= 0.6 is 0 Å². The van der Waals surface area contributed by atoms with E-state index in [0.29, 0.717) is 50.5 Å². The van der Waals surface area contributed by atoms with Gasteiger partial charge in [0.2, 0.25) is 0 Å². The van der Waals surface area contributed by atoms with Crippen molar-refractivity contribution in [2.45, 2.75) is 94.7 Å². The number of fused-ring (bicyclic) bond motifs is 8. The topological polar surface area (TPSA) is 122 Å². The van der Waals surface area contributed by atoms with E-state index in [4.69, 9.17) is 18.9 Å². The first-order chi connectivity index (χ1) is 25.4. The van der Waals surface area contributed by atoms with Crippen LogP contribution in [-0.4, -0.2) is 83.2 Å². The summed E-state index contributed by atoms with van der Waals surface area (Å²) in [7, 11) is -3.42. The van der Waals surface area contributed by atoms with Crippen molar-refractivity contribution >= 4 is 22.0 Å². The number of aromatic nitrogens is 2. The van der Waals surface area contributed by atoms with Gasteiger partial charge in [-0.2, -0.15) is 0 Å². The average molecular weight is 759 g/mol. The molecule has 288 valence electrons. The van der Waals surface area contributed by atoms with Crippen molar-refractivity contribution in [1.29, 1.82) is 0 Å². The van der Waals surface area contributed by atoms with Gasteiger partial charge in [-0.3, -0.25) is 4.57 Å². The summed E-state index contributed by atoms with van der Waals surface area (Å²) in [4.78, 5) is 28.3. The molecule has 0 radical (unpaired) electrons. The van der Waals surface area contributed by atoms with Gasteiger partial charge in [0.25, 0.3) is 0 Å². The lowest BCUT2D eigenvalue weighted by atomic mass is 9.86. The van der Waals surface area contributed by atoms with E-state index < -0.39 is 26.6 Å². The molecule has 2 fully saturated rings. The predicted octanol–water partition coefficient (Wildman–Crippen LogP) is 7.60. The number of ether oxygens (including phenoxy) is 4. The van der Waals surface area contributed by atoms with Crippen LogP contribution in [0, 0.1) is 0 Å². The largest absolute Gasteiger partial charge is 0.479 e. The van der Waals surface area contributed by atoms with Crippen molar-refractivity contribution in [3.63, 3.8) is 0 Å². The molecule has 54 heavy (non-hydrogen) atoms. The summed E-state index contributed by atoms with van der Waals surface area (Å²) in [5, 5.41) is 0.247. The Morgan fingerprint density at radius 1 is 0.630 bits per heavy atom. The van der Waals surface area contributed by atoms with Crippen LogP contribution in [0.4, 0.5) is 9.59 Å². The quantitative estimate of drug-likeness (QED) is 0.195. The molecule has 8 rings (SSSR count). The number of rotatable bonds is 1. The first-order valence-corrected chi connectivity index (χ1v) is 20.4. The number of hydrogen-bond acceptors (Lipinski definition) is 8. The van der Waals surface area contributed by atoms with Crippen LogP contribution in [0.3, 0.4) is 0 Å². The SMILES string of the molecule is CC(C)(C)OC(=O)N1CCC2(CC1)Oc1ccccc1-n1c2ccc1S(C)(=O)=O.CC(C)(C)OC(=O)N1CCC2(CC1)Oc1ccccc1-n1cccc12. The maximum absolute atomic E-state index is 12.4. The van der Waals surface area contributed by atoms with Crippen LogP contribution in [-0.2, 0) is 30.5 Å². The Bertz CT molecular complexity index is 2160. The molecule has 4 aromatic rings. The molecule has 12 nitrogen and oxygen atoms in total. The van der Waals surface area contributed by atoms with Crippen molar-refractivity contribution in [3.05, 3.63) is 90.4 Å². The first kappa shape index (κ1) is 37.4. The molecule has 6 heterocycles. The van der Waals surface area contributed by atoms with Crippen LogP contribution in [0.5, 0.6) is 11.5 Å². The van der Waals surface area contributed by atoms with E-state index in [1.165, 1.54) is 6.26 Å². The average Bonchev–Trinajstić information content (AvgIpc) is 3.78. The molecule has 4 aliphatic rings. The van der Waals surface area contributed by atoms with Crippen molar-refractivity contribution in [3.8, 4) is 22.9 Å². The number of carbonyl (C=O) groups excluding carboxylic acids is 2. The lowest BCUT2D eigenvalue weighted by Gasteiger charge is -2.45. The number of piperidine rings is 2. The lowest BCUT2D eigenvalue weighted by molar-refractivity contribution is -0.0279. The van der Waals surface area contributed by atoms with E-state index >= 15 is 0 Å². The molecule has 0 aliphatic carbocycles. The highest BCUT2D eigenvalue weighted by Crippen LogP contribution is 2.47. The number of likely N-dealkylation sites (tertiary alicyclic amines) is 2. The molecule has 0 atom stereocenters. The molecular weight excluding hydrogens is 709 g/mol.